The maximum absolute atomic E-state index is 3.92. The van der Waals surface area contributed by atoms with Gasteiger partial charge in [-0.15, -0.1) is 5.10 Å². The van der Waals surface area contributed by atoms with Crippen LogP contribution in [0.5, 0.6) is 0 Å². The molecule has 0 unspecified atom stereocenters. The van der Waals surface area contributed by atoms with E-state index in [-0.39, 0.29) is 0 Å². The Morgan fingerprint density at radius 1 is 1.36 bits per heavy atom. The highest BCUT2D eigenvalue weighted by atomic mass is 32.1. The van der Waals surface area contributed by atoms with E-state index in [1.54, 1.807) is 0 Å². The molecule has 2 aromatic rings. The smallest absolute Gasteiger partial charge is 0.106 e. The minimum atomic E-state index is 0.899. The molecule has 0 bridgehead atoms. The summed E-state index contributed by atoms with van der Waals surface area (Å²) in [5.41, 5.74) is 1.90. The van der Waals surface area contributed by atoms with Crippen molar-refractivity contribution in [2.24, 2.45) is 0 Å². The number of hydrogen-bond donors (Lipinski definition) is 0. The Balaban J connectivity index is 2.46. The largest absolute Gasteiger partial charge is 0.138 e. The van der Waals surface area contributed by atoms with Gasteiger partial charge < -0.3 is 0 Å². The lowest BCUT2D eigenvalue weighted by atomic mass is 10.2. The molecule has 0 amide bonds. The molecule has 2 nitrogen and oxygen atoms in total. The van der Waals surface area contributed by atoms with E-state index < -0.39 is 0 Å². The second kappa shape index (κ2) is 2.80. The number of nitrogens with zero attached hydrogens (tertiary/aromatic N) is 2. The van der Waals surface area contributed by atoms with Gasteiger partial charge in [0.15, 0.2) is 0 Å². The van der Waals surface area contributed by atoms with Crippen molar-refractivity contribution in [3.63, 3.8) is 0 Å². The number of aromatic nitrogens is 2. The molecule has 0 N–H and O–H groups in total. The van der Waals surface area contributed by atoms with Gasteiger partial charge in [-0.3, -0.25) is 0 Å². The molecule has 0 saturated heterocycles. The van der Waals surface area contributed by atoms with Gasteiger partial charge in [-0.05, 0) is 17.6 Å². The van der Waals surface area contributed by atoms with Crippen molar-refractivity contribution in [3.8, 4) is 11.3 Å². The molecule has 1 heterocycles. The van der Waals surface area contributed by atoms with Gasteiger partial charge in [0.25, 0.3) is 0 Å². The summed E-state index contributed by atoms with van der Waals surface area (Å²) in [6.07, 6.45) is 0. The molecule has 0 aliphatic rings. The molecule has 0 aliphatic carbocycles. The quantitative estimate of drug-likeness (QED) is 0.639. The molecule has 1 aromatic carbocycles. The van der Waals surface area contributed by atoms with Crippen molar-refractivity contribution in [2.45, 2.75) is 0 Å². The van der Waals surface area contributed by atoms with E-state index in [2.05, 4.69) is 15.7 Å². The van der Waals surface area contributed by atoms with Crippen molar-refractivity contribution in [3.05, 3.63) is 35.7 Å². The molecule has 0 saturated carbocycles. The summed E-state index contributed by atoms with van der Waals surface area (Å²) < 4.78 is 3.77. The van der Waals surface area contributed by atoms with Crippen LogP contribution in [-0.4, -0.2) is 9.59 Å². The third-order valence-corrected chi connectivity index (χ3v) is 1.85. The van der Waals surface area contributed by atoms with E-state index >= 15 is 0 Å². The summed E-state index contributed by atoms with van der Waals surface area (Å²) in [5.74, 6) is 0. The molecule has 11 heavy (non-hydrogen) atoms. The van der Waals surface area contributed by atoms with Crippen LogP contribution in [0.3, 0.4) is 0 Å². The van der Waals surface area contributed by atoms with Crippen molar-refractivity contribution < 1.29 is 0 Å². The molecular formula is C8H5N2S. The normalized spacial score (nSPS) is 9.82. The zero-order valence-corrected chi connectivity index (χ0v) is 6.51. The van der Waals surface area contributed by atoms with Crippen molar-refractivity contribution >= 4 is 11.5 Å². The lowest BCUT2D eigenvalue weighted by Gasteiger charge is -1.90. The van der Waals surface area contributed by atoms with Gasteiger partial charge >= 0.3 is 0 Å². The molecule has 3 heteroatoms. The molecule has 2 rings (SSSR count). The van der Waals surface area contributed by atoms with E-state index in [4.69, 9.17) is 0 Å². The summed E-state index contributed by atoms with van der Waals surface area (Å²) in [5, 5.41) is 5.83. The Bertz CT molecular complexity index is 315. The molecule has 1 radical (unpaired) electrons. The highest BCUT2D eigenvalue weighted by Crippen LogP contribution is 2.15. The van der Waals surface area contributed by atoms with Crippen molar-refractivity contribution in [2.75, 3.05) is 0 Å². The predicted octanol–water partition coefficient (Wildman–Crippen LogP) is 2.01. The first-order chi connectivity index (χ1) is 5.47. The highest BCUT2D eigenvalue weighted by molar-refractivity contribution is 7.03. The lowest BCUT2D eigenvalue weighted by Crippen LogP contribution is -1.75. The van der Waals surface area contributed by atoms with E-state index in [0.29, 0.717) is 0 Å². The van der Waals surface area contributed by atoms with Gasteiger partial charge in [0, 0.05) is 10.9 Å². The van der Waals surface area contributed by atoms with Crippen LogP contribution in [0.1, 0.15) is 0 Å². The molecule has 53 valence electrons. The van der Waals surface area contributed by atoms with Crippen molar-refractivity contribution in [1.29, 1.82) is 0 Å². The molecule has 0 aliphatic heterocycles. The third-order valence-electron chi connectivity index (χ3n) is 1.35. The number of rotatable bonds is 1. The van der Waals surface area contributed by atoms with Crippen LogP contribution in [0.15, 0.2) is 29.6 Å². The summed E-state index contributed by atoms with van der Waals surface area (Å²) >= 11 is 1.35. The average Bonchev–Trinajstić information content (AvgIpc) is 2.58. The summed E-state index contributed by atoms with van der Waals surface area (Å²) in [6.45, 7) is 0. The van der Waals surface area contributed by atoms with E-state index in [9.17, 15) is 0 Å². The maximum Gasteiger partial charge on any atom is 0.106 e. The standard InChI is InChI=1S/C8H5N2S/c1-2-4-7(5-3-1)8-6-11-10-9-8/h1-4,6H. The van der Waals surface area contributed by atoms with Gasteiger partial charge in [-0.1, -0.05) is 28.8 Å². The topological polar surface area (TPSA) is 25.8 Å². The second-order valence-electron chi connectivity index (χ2n) is 2.07. The first-order valence-electron chi connectivity index (χ1n) is 3.21. The Morgan fingerprint density at radius 2 is 2.36 bits per heavy atom. The molecule has 0 spiro atoms. The second-order valence-corrected chi connectivity index (χ2v) is 2.68. The van der Waals surface area contributed by atoms with Crippen LogP contribution in [0.2, 0.25) is 0 Å². The van der Waals surface area contributed by atoms with Crippen LogP contribution >= 0.6 is 11.5 Å². The minimum absolute atomic E-state index is 0.899. The molecule has 0 fully saturated rings. The highest BCUT2D eigenvalue weighted by Gasteiger charge is 1.97. The minimum Gasteiger partial charge on any atom is -0.138 e. The summed E-state index contributed by atoms with van der Waals surface area (Å²) in [7, 11) is 0. The van der Waals surface area contributed by atoms with Gasteiger partial charge in [0.05, 0.1) is 0 Å². The fourth-order valence-electron chi connectivity index (χ4n) is 0.835. The summed E-state index contributed by atoms with van der Waals surface area (Å²) in [4.78, 5) is 0. The molecule has 0 atom stereocenters. The Hall–Kier alpha value is -1.22. The van der Waals surface area contributed by atoms with Crippen LogP contribution in [0.4, 0.5) is 0 Å². The summed E-state index contributed by atoms with van der Waals surface area (Å²) in [6, 6.07) is 10.8. The zero-order valence-electron chi connectivity index (χ0n) is 5.69. The zero-order chi connectivity index (χ0) is 7.52. The van der Waals surface area contributed by atoms with E-state index in [1.165, 1.54) is 11.5 Å². The monoisotopic (exact) mass is 161 g/mol. The van der Waals surface area contributed by atoms with Crippen LogP contribution in [0.25, 0.3) is 11.3 Å². The fraction of sp³-hybridized carbons (Fsp3) is 0. The Kier molecular flexibility index (Phi) is 1.65. The Morgan fingerprint density at radius 3 is 3.00 bits per heavy atom. The predicted molar refractivity (Wildman–Crippen MR) is 44.2 cm³/mol. The number of hydrogen-bond acceptors (Lipinski definition) is 3. The molecular weight excluding hydrogens is 156 g/mol. The maximum atomic E-state index is 3.92. The van der Waals surface area contributed by atoms with E-state index in [0.717, 1.165) is 11.3 Å². The fourth-order valence-corrected chi connectivity index (χ4v) is 1.29. The van der Waals surface area contributed by atoms with Crippen LogP contribution in [0, 0.1) is 6.07 Å². The van der Waals surface area contributed by atoms with Gasteiger partial charge in [-0.2, -0.15) is 0 Å². The average molecular weight is 161 g/mol. The third kappa shape index (κ3) is 1.28. The van der Waals surface area contributed by atoms with Crippen LogP contribution < -0.4 is 0 Å². The van der Waals surface area contributed by atoms with E-state index in [1.807, 2.05) is 29.6 Å². The van der Waals surface area contributed by atoms with Gasteiger partial charge in [0.1, 0.15) is 5.69 Å². The van der Waals surface area contributed by atoms with Crippen molar-refractivity contribution in [1.82, 2.24) is 9.59 Å². The first-order valence-corrected chi connectivity index (χ1v) is 4.04. The molecule has 1 aromatic heterocycles. The lowest BCUT2D eigenvalue weighted by molar-refractivity contribution is 1.16. The Labute approximate surface area is 68.7 Å². The first kappa shape index (κ1) is 6.49. The SMILES string of the molecule is [c]1ccccc1-c1csnn1. The van der Waals surface area contributed by atoms with Gasteiger partial charge in [0.2, 0.25) is 0 Å². The van der Waals surface area contributed by atoms with Gasteiger partial charge in [-0.25, -0.2) is 0 Å². The van der Waals surface area contributed by atoms with Crippen LogP contribution in [-0.2, 0) is 0 Å². The number of benzene rings is 1.